The zero-order valence-corrected chi connectivity index (χ0v) is 17.2. The Labute approximate surface area is 168 Å². The fourth-order valence-corrected chi connectivity index (χ4v) is 5.86. The molecule has 1 amide bonds. The third kappa shape index (κ3) is 5.02. The van der Waals surface area contributed by atoms with E-state index in [0.717, 1.165) is 38.5 Å². The van der Waals surface area contributed by atoms with Crippen LogP contribution in [0, 0.1) is 11.8 Å². The Kier molecular flexibility index (Phi) is 8.09. The first kappa shape index (κ1) is 22.1. The van der Waals surface area contributed by atoms with Crippen molar-refractivity contribution in [3.8, 4) is 0 Å². The standard InChI is InChI=1S/C19H29N3O3S.ClH/c20-13-15-8-6-9-17(15)19(23)21-14-16-7-2-3-10-18(16)26(24,25)22-11-4-1-5-12-22;/h2-3,7,10,15,17H,1,4-6,8-9,11-14,20H2,(H,21,23);1H/t15-,17-;/m1./s1. The maximum atomic E-state index is 13.0. The number of amides is 1. The predicted molar refractivity (Wildman–Crippen MR) is 108 cm³/mol. The number of benzene rings is 1. The number of hydrogen-bond donors (Lipinski definition) is 2. The quantitative estimate of drug-likeness (QED) is 0.745. The lowest BCUT2D eigenvalue weighted by atomic mass is 9.95. The maximum absolute atomic E-state index is 13.0. The van der Waals surface area contributed by atoms with Crippen molar-refractivity contribution < 1.29 is 13.2 Å². The van der Waals surface area contributed by atoms with Crippen molar-refractivity contribution in [2.24, 2.45) is 17.6 Å². The number of nitrogens with two attached hydrogens (primary N) is 1. The van der Waals surface area contributed by atoms with Crippen LogP contribution in [0.4, 0.5) is 0 Å². The number of halogens is 1. The van der Waals surface area contributed by atoms with Gasteiger partial charge in [0.2, 0.25) is 15.9 Å². The topological polar surface area (TPSA) is 92.5 Å². The molecule has 152 valence electrons. The van der Waals surface area contributed by atoms with E-state index >= 15 is 0 Å². The zero-order valence-electron chi connectivity index (χ0n) is 15.6. The summed E-state index contributed by atoms with van der Waals surface area (Å²) in [6, 6.07) is 6.98. The zero-order chi connectivity index (χ0) is 18.6. The first-order valence-electron chi connectivity index (χ1n) is 9.60. The van der Waals surface area contributed by atoms with E-state index in [1.54, 1.807) is 22.5 Å². The molecule has 1 saturated carbocycles. The molecular formula is C19H30ClN3O3S. The number of carbonyl (C=O) groups excluding carboxylic acids is 1. The first-order valence-corrected chi connectivity index (χ1v) is 11.0. The molecule has 2 atom stereocenters. The van der Waals surface area contributed by atoms with E-state index in [4.69, 9.17) is 5.73 Å². The van der Waals surface area contributed by atoms with E-state index in [0.29, 0.717) is 30.1 Å². The molecular weight excluding hydrogens is 386 g/mol. The van der Waals surface area contributed by atoms with Crippen LogP contribution in [-0.2, 0) is 21.4 Å². The van der Waals surface area contributed by atoms with Gasteiger partial charge in [-0.25, -0.2) is 8.42 Å². The summed E-state index contributed by atoms with van der Waals surface area (Å²) in [4.78, 5) is 12.8. The summed E-state index contributed by atoms with van der Waals surface area (Å²) in [5.74, 6) is 0.177. The van der Waals surface area contributed by atoms with Crippen LogP contribution in [0.1, 0.15) is 44.1 Å². The van der Waals surface area contributed by atoms with E-state index in [1.807, 2.05) is 6.07 Å². The van der Waals surface area contributed by atoms with Crippen LogP contribution in [0.5, 0.6) is 0 Å². The van der Waals surface area contributed by atoms with Crippen LogP contribution in [0.2, 0.25) is 0 Å². The molecule has 2 fully saturated rings. The smallest absolute Gasteiger partial charge is 0.243 e. The Bertz CT molecular complexity index is 735. The second-order valence-corrected chi connectivity index (χ2v) is 9.23. The third-order valence-electron chi connectivity index (χ3n) is 5.66. The minimum absolute atomic E-state index is 0. The lowest BCUT2D eigenvalue weighted by Gasteiger charge is -2.27. The van der Waals surface area contributed by atoms with Crippen molar-refractivity contribution >= 4 is 28.3 Å². The van der Waals surface area contributed by atoms with Gasteiger partial charge in [0.05, 0.1) is 4.90 Å². The van der Waals surface area contributed by atoms with E-state index in [9.17, 15) is 13.2 Å². The normalized spacial score (nSPS) is 23.6. The highest BCUT2D eigenvalue weighted by molar-refractivity contribution is 7.89. The van der Waals surface area contributed by atoms with E-state index in [2.05, 4.69) is 5.32 Å². The Hall–Kier alpha value is -1.15. The van der Waals surface area contributed by atoms with Gasteiger partial charge in [0.15, 0.2) is 0 Å². The van der Waals surface area contributed by atoms with Gasteiger partial charge in [-0.2, -0.15) is 4.31 Å². The fraction of sp³-hybridized carbons (Fsp3) is 0.632. The van der Waals surface area contributed by atoms with Crippen LogP contribution >= 0.6 is 12.4 Å². The Balaban J connectivity index is 0.00000261. The molecule has 3 rings (SSSR count). The summed E-state index contributed by atoms with van der Waals surface area (Å²) in [6.07, 6.45) is 5.77. The van der Waals surface area contributed by atoms with Crippen molar-refractivity contribution in [1.82, 2.24) is 9.62 Å². The van der Waals surface area contributed by atoms with Crippen molar-refractivity contribution in [2.75, 3.05) is 19.6 Å². The molecule has 8 heteroatoms. The molecule has 0 bridgehead atoms. The van der Waals surface area contributed by atoms with Crippen molar-refractivity contribution in [3.63, 3.8) is 0 Å². The molecule has 1 aromatic carbocycles. The largest absolute Gasteiger partial charge is 0.352 e. The van der Waals surface area contributed by atoms with Gasteiger partial charge >= 0.3 is 0 Å². The predicted octanol–water partition coefficient (Wildman–Crippen LogP) is 2.27. The molecule has 1 aromatic rings. The monoisotopic (exact) mass is 415 g/mol. The van der Waals surface area contributed by atoms with Crippen LogP contribution in [0.3, 0.4) is 0 Å². The lowest BCUT2D eigenvalue weighted by molar-refractivity contribution is -0.126. The van der Waals surface area contributed by atoms with Crippen molar-refractivity contribution in [2.45, 2.75) is 50.0 Å². The lowest BCUT2D eigenvalue weighted by Crippen LogP contribution is -2.37. The van der Waals surface area contributed by atoms with Gasteiger partial charge in [-0.15, -0.1) is 12.4 Å². The molecule has 1 aliphatic heterocycles. The van der Waals surface area contributed by atoms with Crippen LogP contribution in [-0.4, -0.2) is 38.3 Å². The number of piperidine rings is 1. The molecule has 27 heavy (non-hydrogen) atoms. The van der Waals surface area contributed by atoms with E-state index < -0.39 is 10.0 Å². The van der Waals surface area contributed by atoms with E-state index in [1.165, 1.54) is 0 Å². The molecule has 3 N–H and O–H groups in total. The molecule has 1 aliphatic carbocycles. The van der Waals surface area contributed by atoms with Gasteiger partial charge < -0.3 is 11.1 Å². The van der Waals surface area contributed by atoms with E-state index in [-0.39, 0.29) is 36.7 Å². The summed E-state index contributed by atoms with van der Waals surface area (Å²) in [5, 5.41) is 2.94. The van der Waals surface area contributed by atoms with Crippen LogP contribution in [0.15, 0.2) is 29.2 Å². The molecule has 6 nitrogen and oxygen atoms in total. The summed E-state index contributed by atoms with van der Waals surface area (Å²) < 4.78 is 27.6. The number of nitrogens with one attached hydrogen (secondary N) is 1. The summed E-state index contributed by atoms with van der Waals surface area (Å²) in [7, 11) is -3.51. The summed E-state index contributed by atoms with van der Waals surface area (Å²) >= 11 is 0. The number of hydrogen-bond acceptors (Lipinski definition) is 4. The van der Waals surface area contributed by atoms with Crippen LogP contribution in [0.25, 0.3) is 0 Å². The summed E-state index contributed by atoms with van der Waals surface area (Å²) in [6.45, 7) is 1.90. The van der Waals surface area contributed by atoms with Crippen molar-refractivity contribution in [3.05, 3.63) is 29.8 Å². The van der Waals surface area contributed by atoms with Gasteiger partial charge in [-0.05, 0) is 49.8 Å². The molecule has 0 unspecified atom stereocenters. The van der Waals surface area contributed by atoms with Crippen LogP contribution < -0.4 is 11.1 Å². The third-order valence-corrected chi connectivity index (χ3v) is 7.66. The molecule has 0 aromatic heterocycles. The minimum Gasteiger partial charge on any atom is -0.352 e. The number of nitrogens with zero attached hydrogens (tertiary/aromatic N) is 1. The summed E-state index contributed by atoms with van der Waals surface area (Å²) in [5.41, 5.74) is 6.42. The Morgan fingerprint density at radius 2 is 1.81 bits per heavy atom. The second kappa shape index (κ2) is 9.87. The number of rotatable bonds is 6. The number of carbonyl (C=O) groups is 1. The SMILES string of the molecule is Cl.NC[C@H]1CCC[C@H]1C(=O)NCc1ccccc1S(=O)(=O)N1CCCCC1. The van der Waals surface area contributed by atoms with Crippen molar-refractivity contribution in [1.29, 1.82) is 0 Å². The first-order chi connectivity index (χ1) is 12.5. The van der Waals surface area contributed by atoms with Gasteiger partial charge in [-0.3, -0.25) is 4.79 Å². The average molecular weight is 416 g/mol. The Morgan fingerprint density at radius 3 is 2.52 bits per heavy atom. The second-order valence-electron chi connectivity index (χ2n) is 7.32. The molecule has 2 aliphatic rings. The highest BCUT2D eigenvalue weighted by atomic mass is 35.5. The molecule has 0 radical (unpaired) electrons. The van der Waals surface area contributed by atoms with Gasteiger partial charge in [0.25, 0.3) is 0 Å². The average Bonchev–Trinajstić information content (AvgIpc) is 3.16. The fourth-order valence-electron chi connectivity index (χ4n) is 4.12. The highest BCUT2D eigenvalue weighted by Gasteiger charge is 2.32. The van der Waals surface area contributed by atoms with Gasteiger partial charge in [0.1, 0.15) is 0 Å². The Morgan fingerprint density at radius 1 is 1.11 bits per heavy atom. The molecule has 1 saturated heterocycles. The number of sulfonamides is 1. The molecule has 1 heterocycles. The highest BCUT2D eigenvalue weighted by Crippen LogP contribution is 2.31. The molecule has 0 spiro atoms. The van der Waals surface area contributed by atoms with Gasteiger partial charge in [-0.1, -0.05) is 31.0 Å². The van der Waals surface area contributed by atoms with Gasteiger partial charge in [0, 0.05) is 25.6 Å². The minimum atomic E-state index is -3.51. The maximum Gasteiger partial charge on any atom is 0.243 e.